The first-order chi connectivity index (χ1) is 15.6. The minimum Gasteiger partial charge on any atom is -0.395 e. The van der Waals surface area contributed by atoms with Crippen LogP contribution in [0.25, 0.3) is 11.1 Å². The first-order valence-corrected chi connectivity index (χ1v) is 11.5. The second kappa shape index (κ2) is 12.0. The van der Waals surface area contributed by atoms with Crippen molar-refractivity contribution < 1.29 is 18.7 Å². The van der Waals surface area contributed by atoms with Crippen LogP contribution in [0.2, 0.25) is 0 Å². The molecule has 0 heterocycles. The van der Waals surface area contributed by atoms with E-state index >= 15 is 0 Å². The molecule has 0 spiro atoms. The van der Waals surface area contributed by atoms with E-state index in [4.69, 9.17) is 9.47 Å². The normalized spacial score (nSPS) is 10.7. The van der Waals surface area contributed by atoms with Crippen LogP contribution >= 0.6 is 0 Å². The molecule has 3 aromatic rings. The van der Waals surface area contributed by atoms with Crippen molar-refractivity contribution in [2.45, 2.75) is 58.8 Å². The number of aryl methyl sites for hydroxylation is 2. The summed E-state index contributed by atoms with van der Waals surface area (Å²) >= 11 is 0. The first-order valence-electron chi connectivity index (χ1n) is 11.5. The minimum absolute atomic E-state index is 0.246. The topological polar surface area (TPSA) is 35.5 Å². The van der Waals surface area contributed by atoms with E-state index in [-0.39, 0.29) is 5.82 Å². The molecule has 0 aliphatic rings. The fraction of sp³-hybridized carbons (Fsp3) is 0.321. The van der Waals surface area contributed by atoms with Gasteiger partial charge in [0.05, 0.1) is 0 Å². The molecule has 0 N–H and O–H groups in total. The molecule has 0 amide bonds. The lowest BCUT2D eigenvalue weighted by molar-refractivity contribution is 0.152. The Morgan fingerprint density at radius 3 is 1.88 bits per heavy atom. The van der Waals surface area contributed by atoms with Crippen LogP contribution in [0.3, 0.4) is 0 Å². The number of benzene rings is 3. The van der Waals surface area contributed by atoms with Crippen molar-refractivity contribution >= 4 is 6.16 Å². The zero-order valence-corrected chi connectivity index (χ0v) is 18.9. The Labute approximate surface area is 190 Å². The molecule has 3 rings (SSSR count). The van der Waals surface area contributed by atoms with Gasteiger partial charge in [0.25, 0.3) is 0 Å². The molecule has 0 bridgehead atoms. The summed E-state index contributed by atoms with van der Waals surface area (Å²) in [6.45, 7) is 4.30. The van der Waals surface area contributed by atoms with Gasteiger partial charge in [-0.3, -0.25) is 0 Å². The third kappa shape index (κ3) is 6.94. The maximum absolute atomic E-state index is 14.5. The largest absolute Gasteiger partial charge is 0.519 e. The number of carbonyl (C=O) groups is 1. The van der Waals surface area contributed by atoms with Crippen LogP contribution in [0, 0.1) is 5.82 Å². The van der Waals surface area contributed by atoms with Gasteiger partial charge in [-0.05, 0) is 72.7 Å². The van der Waals surface area contributed by atoms with Crippen LogP contribution in [-0.4, -0.2) is 6.16 Å². The van der Waals surface area contributed by atoms with Crippen LogP contribution in [0.5, 0.6) is 11.5 Å². The Morgan fingerprint density at radius 2 is 1.28 bits per heavy atom. The summed E-state index contributed by atoms with van der Waals surface area (Å²) in [6, 6.07) is 19.6. The average Bonchev–Trinajstić information content (AvgIpc) is 2.80. The summed E-state index contributed by atoms with van der Waals surface area (Å²) in [5.74, 6) is 0.538. The minimum atomic E-state index is -0.803. The van der Waals surface area contributed by atoms with Gasteiger partial charge in [-0.2, -0.15) is 0 Å². The van der Waals surface area contributed by atoms with Crippen molar-refractivity contribution in [2.24, 2.45) is 0 Å². The van der Waals surface area contributed by atoms with Crippen molar-refractivity contribution in [3.8, 4) is 22.6 Å². The summed E-state index contributed by atoms with van der Waals surface area (Å²) < 4.78 is 25.0. The van der Waals surface area contributed by atoms with E-state index in [9.17, 15) is 9.18 Å². The molecule has 168 valence electrons. The highest BCUT2D eigenvalue weighted by atomic mass is 19.1. The third-order valence-electron chi connectivity index (χ3n) is 5.41. The third-order valence-corrected chi connectivity index (χ3v) is 5.41. The van der Waals surface area contributed by atoms with E-state index in [0.717, 1.165) is 43.2 Å². The van der Waals surface area contributed by atoms with Crippen LogP contribution < -0.4 is 9.47 Å². The van der Waals surface area contributed by atoms with Crippen molar-refractivity contribution in [1.29, 1.82) is 0 Å². The molecule has 0 aliphatic carbocycles. The molecule has 0 atom stereocenters. The summed E-state index contributed by atoms with van der Waals surface area (Å²) in [7, 11) is 0. The summed E-state index contributed by atoms with van der Waals surface area (Å²) in [5, 5.41) is 0. The standard InChI is InChI=1S/C28H31FO3/c1-3-5-7-9-21-10-15-24(16-11-21)31-28(30)32-25-17-13-23(14-18-25)26-19-12-22(8-6-4-2)20-27(26)29/h10-20H,3-9H2,1-2H3. The van der Waals surface area contributed by atoms with Crippen molar-refractivity contribution in [3.05, 3.63) is 83.7 Å². The van der Waals surface area contributed by atoms with Crippen molar-refractivity contribution in [3.63, 3.8) is 0 Å². The summed E-state index contributed by atoms with van der Waals surface area (Å²) in [6.07, 6.45) is 6.78. The van der Waals surface area contributed by atoms with Gasteiger partial charge in [0.1, 0.15) is 17.3 Å². The van der Waals surface area contributed by atoms with Gasteiger partial charge in [-0.25, -0.2) is 9.18 Å². The fourth-order valence-electron chi connectivity index (χ4n) is 3.55. The number of carbonyl (C=O) groups excluding carboxylic acids is 1. The molecule has 0 radical (unpaired) electrons. The second-order valence-electron chi connectivity index (χ2n) is 8.00. The number of rotatable bonds is 10. The Balaban J connectivity index is 1.55. The van der Waals surface area contributed by atoms with Gasteiger partial charge in [0.15, 0.2) is 0 Å². The lowest BCUT2D eigenvalue weighted by Crippen LogP contribution is -2.13. The second-order valence-corrected chi connectivity index (χ2v) is 8.00. The molecule has 3 nitrogen and oxygen atoms in total. The molecule has 0 saturated carbocycles. The Morgan fingerprint density at radius 1 is 0.719 bits per heavy atom. The number of hydrogen-bond donors (Lipinski definition) is 0. The van der Waals surface area contributed by atoms with Gasteiger partial charge in [-0.15, -0.1) is 0 Å². The highest BCUT2D eigenvalue weighted by Gasteiger charge is 2.10. The molecule has 32 heavy (non-hydrogen) atoms. The monoisotopic (exact) mass is 434 g/mol. The van der Waals surface area contributed by atoms with Crippen LogP contribution in [0.4, 0.5) is 9.18 Å². The van der Waals surface area contributed by atoms with Crippen LogP contribution in [0.1, 0.15) is 57.1 Å². The zero-order valence-electron chi connectivity index (χ0n) is 18.9. The fourth-order valence-corrected chi connectivity index (χ4v) is 3.55. The number of ether oxygens (including phenoxy) is 2. The molecule has 0 saturated heterocycles. The highest BCUT2D eigenvalue weighted by Crippen LogP contribution is 2.26. The Kier molecular flexibility index (Phi) is 8.85. The smallest absolute Gasteiger partial charge is 0.395 e. The maximum Gasteiger partial charge on any atom is 0.519 e. The van der Waals surface area contributed by atoms with E-state index in [1.165, 1.54) is 18.4 Å². The van der Waals surface area contributed by atoms with Gasteiger partial charge in [-0.1, -0.05) is 69.5 Å². The summed E-state index contributed by atoms with van der Waals surface area (Å²) in [5.41, 5.74) is 3.48. The van der Waals surface area contributed by atoms with E-state index in [1.807, 2.05) is 18.2 Å². The number of halogens is 1. The molecule has 0 aliphatic heterocycles. The quantitative estimate of drug-likeness (QED) is 0.183. The predicted molar refractivity (Wildman–Crippen MR) is 127 cm³/mol. The van der Waals surface area contributed by atoms with Gasteiger partial charge in [0, 0.05) is 5.56 Å². The van der Waals surface area contributed by atoms with Crippen LogP contribution in [0.15, 0.2) is 66.7 Å². The molecule has 0 fully saturated rings. The Hall–Kier alpha value is -3.14. The SMILES string of the molecule is CCCCCc1ccc(OC(=O)Oc2ccc(-c3ccc(CCCC)cc3F)cc2)cc1. The molecular weight excluding hydrogens is 403 g/mol. The van der Waals surface area contributed by atoms with E-state index < -0.39 is 6.16 Å². The molecular formula is C28H31FO3. The lowest BCUT2D eigenvalue weighted by atomic mass is 10.0. The van der Waals surface area contributed by atoms with Gasteiger partial charge >= 0.3 is 6.16 Å². The lowest BCUT2D eigenvalue weighted by Gasteiger charge is -2.09. The number of hydrogen-bond acceptors (Lipinski definition) is 3. The maximum atomic E-state index is 14.5. The molecule has 0 aromatic heterocycles. The van der Waals surface area contributed by atoms with Gasteiger partial charge in [0.2, 0.25) is 0 Å². The first kappa shape index (κ1) is 23.5. The van der Waals surface area contributed by atoms with Crippen molar-refractivity contribution in [2.75, 3.05) is 0 Å². The number of unbranched alkanes of at least 4 members (excludes halogenated alkanes) is 3. The summed E-state index contributed by atoms with van der Waals surface area (Å²) in [4.78, 5) is 12.1. The Bertz CT molecular complexity index is 994. The molecule has 4 heteroatoms. The molecule has 3 aromatic carbocycles. The van der Waals surface area contributed by atoms with E-state index in [2.05, 4.69) is 13.8 Å². The molecule has 0 unspecified atom stereocenters. The van der Waals surface area contributed by atoms with E-state index in [1.54, 1.807) is 48.5 Å². The van der Waals surface area contributed by atoms with Crippen LogP contribution in [-0.2, 0) is 12.8 Å². The van der Waals surface area contributed by atoms with Gasteiger partial charge < -0.3 is 9.47 Å². The average molecular weight is 435 g/mol. The van der Waals surface area contributed by atoms with Crippen molar-refractivity contribution in [1.82, 2.24) is 0 Å². The zero-order chi connectivity index (χ0) is 22.8. The predicted octanol–water partition coefficient (Wildman–Crippen LogP) is 8.15. The highest BCUT2D eigenvalue weighted by molar-refractivity contribution is 5.69. The van der Waals surface area contributed by atoms with E-state index in [0.29, 0.717) is 17.1 Å².